The van der Waals surface area contributed by atoms with Crippen molar-refractivity contribution in [3.63, 3.8) is 0 Å². The van der Waals surface area contributed by atoms with Gasteiger partial charge in [0.05, 0.1) is 5.92 Å². The van der Waals surface area contributed by atoms with E-state index in [1.165, 1.54) is 0 Å². The predicted octanol–water partition coefficient (Wildman–Crippen LogP) is 4.38. The molecule has 0 spiro atoms. The smallest absolute Gasteiger partial charge is 0.314 e. The first-order chi connectivity index (χ1) is 8.40. The summed E-state index contributed by atoms with van der Waals surface area (Å²) < 4.78 is 37.9. The molecular weight excluding hydrogens is 239 g/mol. The van der Waals surface area contributed by atoms with Gasteiger partial charge in [-0.15, -0.1) is 0 Å². The zero-order valence-electron chi connectivity index (χ0n) is 11.7. The van der Waals surface area contributed by atoms with Crippen molar-refractivity contribution in [1.29, 1.82) is 0 Å². The molecule has 108 valence electrons. The van der Waals surface area contributed by atoms with E-state index in [4.69, 9.17) is 0 Å². The Balaban J connectivity index is 2.53. The second-order valence-electron chi connectivity index (χ2n) is 5.62. The minimum absolute atomic E-state index is 0.312. The van der Waals surface area contributed by atoms with Gasteiger partial charge in [0.1, 0.15) is 0 Å². The molecule has 1 N–H and O–H groups in total. The third-order valence-corrected chi connectivity index (χ3v) is 4.44. The van der Waals surface area contributed by atoms with Gasteiger partial charge in [-0.3, -0.25) is 0 Å². The van der Waals surface area contributed by atoms with Gasteiger partial charge in [0, 0.05) is 6.04 Å². The molecule has 2 atom stereocenters. The molecule has 0 amide bonds. The molecule has 1 nitrogen and oxygen atoms in total. The summed E-state index contributed by atoms with van der Waals surface area (Å²) in [4.78, 5) is 0. The first-order valence-electron chi connectivity index (χ1n) is 7.20. The van der Waals surface area contributed by atoms with E-state index < -0.39 is 12.1 Å². The third-order valence-electron chi connectivity index (χ3n) is 4.44. The second-order valence-corrected chi connectivity index (χ2v) is 5.62. The highest BCUT2D eigenvalue weighted by molar-refractivity contribution is 4.86. The molecule has 1 rings (SSSR count). The van der Waals surface area contributed by atoms with Crippen LogP contribution in [-0.4, -0.2) is 18.8 Å². The zero-order valence-corrected chi connectivity index (χ0v) is 11.7. The Hall–Kier alpha value is -0.250. The Morgan fingerprint density at radius 3 is 2.06 bits per heavy atom. The minimum atomic E-state index is -3.99. The summed E-state index contributed by atoms with van der Waals surface area (Å²) in [6.07, 6.45) is -0.858. The molecule has 4 heteroatoms. The summed E-state index contributed by atoms with van der Waals surface area (Å²) in [5.74, 6) is -0.108. The van der Waals surface area contributed by atoms with E-state index in [0.29, 0.717) is 43.6 Å². The van der Waals surface area contributed by atoms with Crippen LogP contribution in [0.25, 0.3) is 0 Å². The Morgan fingerprint density at radius 2 is 1.67 bits per heavy atom. The molecule has 0 radical (unpaired) electrons. The maximum Gasteiger partial charge on any atom is 0.391 e. The van der Waals surface area contributed by atoms with Crippen LogP contribution >= 0.6 is 0 Å². The fourth-order valence-electron chi connectivity index (χ4n) is 3.13. The van der Waals surface area contributed by atoms with E-state index in [-0.39, 0.29) is 0 Å². The molecule has 1 saturated carbocycles. The van der Waals surface area contributed by atoms with Crippen LogP contribution in [0, 0.1) is 17.8 Å². The first kappa shape index (κ1) is 15.8. The summed E-state index contributed by atoms with van der Waals surface area (Å²) in [5, 5.41) is 3.48. The van der Waals surface area contributed by atoms with Crippen molar-refractivity contribution in [2.75, 3.05) is 6.54 Å². The topological polar surface area (TPSA) is 12.0 Å². The lowest BCUT2D eigenvalue weighted by atomic mass is 9.74. The van der Waals surface area contributed by atoms with Crippen molar-refractivity contribution in [1.82, 2.24) is 5.32 Å². The van der Waals surface area contributed by atoms with Crippen LogP contribution in [0.4, 0.5) is 13.2 Å². The lowest BCUT2D eigenvalue weighted by Crippen LogP contribution is -2.43. The van der Waals surface area contributed by atoms with Crippen molar-refractivity contribution in [2.45, 2.75) is 65.1 Å². The van der Waals surface area contributed by atoms with Crippen LogP contribution < -0.4 is 5.32 Å². The molecule has 0 aromatic heterocycles. The molecule has 0 aliphatic heterocycles. The van der Waals surface area contributed by atoms with Gasteiger partial charge >= 0.3 is 6.18 Å². The number of rotatable bonds is 5. The standard InChI is InChI=1S/C14H26F3N/c1-4-10(3)13(18-5-2)11-6-8-12(9-7-11)14(15,16)17/h10-13,18H,4-9H2,1-3H3. The van der Waals surface area contributed by atoms with Gasteiger partial charge in [-0.1, -0.05) is 27.2 Å². The van der Waals surface area contributed by atoms with Crippen LogP contribution in [0.5, 0.6) is 0 Å². The van der Waals surface area contributed by atoms with Gasteiger partial charge in [-0.2, -0.15) is 13.2 Å². The lowest BCUT2D eigenvalue weighted by Gasteiger charge is -2.37. The molecule has 0 bridgehead atoms. The molecule has 0 aromatic rings. The van der Waals surface area contributed by atoms with Crippen molar-refractivity contribution in [3.8, 4) is 0 Å². The summed E-state index contributed by atoms with van der Waals surface area (Å²) >= 11 is 0. The van der Waals surface area contributed by atoms with Gasteiger partial charge in [0.15, 0.2) is 0 Å². The maximum atomic E-state index is 12.6. The molecular formula is C14H26F3N. The van der Waals surface area contributed by atoms with Gasteiger partial charge < -0.3 is 5.32 Å². The average molecular weight is 265 g/mol. The molecule has 0 saturated heterocycles. The second kappa shape index (κ2) is 6.78. The van der Waals surface area contributed by atoms with Crippen LogP contribution in [0.3, 0.4) is 0 Å². The summed E-state index contributed by atoms with van der Waals surface area (Å²) in [7, 11) is 0. The third kappa shape index (κ3) is 4.15. The van der Waals surface area contributed by atoms with Crippen LogP contribution in [0.1, 0.15) is 52.9 Å². The summed E-state index contributed by atoms with van der Waals surface area (Å²) in [5.41, 5.74) is 0. The largest absolute Gasteiger partial charge is 0.391 e. The number of alkyl halides is 3. The lowest BCUT2D eigenvalue weighted by molar-refractivity contribution is -0.184. The first-order valence-corrected chi connectivity index (χ1v) is 7.20. The molecule has 1 aliphatic rings. The van der Waals surface area contributed by atoms with Crippen molar-refractivity contribution in [2.24, 2.45) is 17.8 Å². The molecule has 1 aliphatic carbocycles. The van der Waals surface area contributed by atoms with Gasteiger partial charge in [0.2, 0.25) is 0 Å². The SMILES string of the molecule is CCNC(C(C)CC)C1CCC(C(F)(F)F)CC1. The quantitative estimate of drug-likeness (QED) is 0.778. The van der Waals surface area contributed by atoms with Crippen LogP contribution in [0.2, 0.25) is 0 Å². The van der Waals surface area contributed by atoms with Gasteiger partial charge in [-0.05, 0) is 44.1 Å². The predicted molar refractivity (Wildman–Crippen MR) is 68.4 cm³/mol. The van der Waals surface area contributed by atoms with Crippen molar-refractivity contribution < 1.29 is 13.2 Å². The van der Waals surface area contributed by atoms with Crippen LogP contribution in [0.15, 0.2) is 0 Å². The van der Waals surface area contributed by atoms with Crippen molar-refractivity contribution >= 4 is 0 Å². The molecule has 2 unspecified atom stereocenters. The molecule has 18 heavy (non-hydrogen) atoms. The Labute approximate surface area is 109 Å². The highest BCUT2D eigenvalue weighted by atomic mass is 19.4. The van der Waals surface area contributed by atoms with Crippen LogP contribution in [-0.2, 0) is 0 Å². The number of nitrogens with one attached hydrogen (secondary N) is 1. The number of hydrogen-bond acceptors (Lipinski definition) is 1. The Bertz CT molecular complexity index is 232. The van der Waals surface area contributed by atoms with E-state index in [0.717, 1.165) is 13.0 Å². The Morgan fingerprint density at radius 1 is 1.11 bits per heavy atom. The van der Waals surface area contributed by atoms with E-state index >= 15 is 0 Å². The molecule has 0 aromatic carbocycles. The number of hydrogen-bond donors (Lipinski definition) is 1. The highest BCUT2D eigenvalue weighted by Gasteiger charge is 2.42. The molecule has 1 fully saturated rings. The van der Waals surface area contributed by atoms with Gasteiger partial charge in [0.25, 0.3) is 0 Å². The monoisotopic (exact) mass is 265 g/mol. The van der Waals surface area contributed by atoms with E-state index in [2.05, 4.69) is 26.1 Å². The fourth-order valence-corrected chi connectivity index (χ4v) is 3.13. The number of halogens is 3. The van der Waals surface area contributed by atoms with E-state index in [1.54, 1.807) is 0 Å². The Kier molecular flexibility index (Phi) is 5.96. The summed E-state index contributed by atoms with van der Waals surface area (Å²) in [6.45, 7) is 7.31. The highest BCUT2D eigenvalue weighted by Crippen LogP contribution is 2.41. The average Bonchev–Trinajstić information content (AvgIpc) is 2.34. The van der Waals surface area contributed by atoms with E-state index in [1.807, 2.05) is 0 Å². The van der Waals surface area contributed by atoms with Crippen molar-refractivity contribution in [3.05, 3.63) is 0 Å². The zero-order chi connectivity index (χ0) is 13.8. The maximum absolute atomic E-state index is 12.6. The minimum Gasteiger partial charge on any atom is -0.314 e. The fraction of sp³-hybridized carbons (Fsp3) is 1.00. The van der Waals surface area contributed by atoms with E-state index in [9.17, 15) is 13.2 Å². The molecule has 0 heterocycles. The summed E-state index contributed by atoms with van der Waals surface area (Å²) in [6, 6.07) is 0.384. The van der Waals surface area contributed by atoms with Gasteiger partial charge in [-0.25, -0.2) is 0 Å². The normalized spacial score (nSPS) is 29.0.